The third kappa shape index (κ3) is 3.86. The first-order chi connectivity index (χ1) is 9.72. The second-order valence-electron chi connectivity index (χ2n) is 5.96. The molecule has 0 aliphatic carbocycles. The number of benzene rings is 1. The first-order valence-corrected chi connectivity index (χ1v) is 8.02. The van der Waals surface area contributed by atoms with Crippen LogP contribution < -0.4 is 5.32 Å². The molecule has 0 aliphatic heterocycles. The minimum atomic E-state index is 0.529. The van der Waals surface area contributed by atoms with E-state index in [1.165, 1.54) is 42.1 Å². The summed E-state index contributed by atoms with van der Waals surface area (Å²) in [5.41, 5.74) is 2.79. The van der Waals surface area contributed by atoms with Crippen molar-refractivity contribution in [1.82, 2.24) is 9.88 Å². The Labute approximate surface area is 123 Å². The average molecular weight is 272 g/mol. The van der Waals surface area contributed by atoms with Crippen molar-refractivity contribution in [2.45, 2.75) is 65.6 Å². The molecular formula is C18H28N2. The van der Waals surface area contributed by atoms with Crippen molar-refractivity contribution < 1.29 is 0 Å². The van der Waals surface area contributed by atoms with Gasteiger partial charge in [-0.1, -0.05) is 52.2 Å². The maximum Gasteiger partial charge on any atom is 0.0483 e. The van der Waals surface area contributed by atoms with Crippen molar-refractivity contribution in [1.29, 1.82) is 0 Å². The Bertz CT molecular complexity index is 525. The molecule has 0 unspecified atom stereocenters. The topological polar surface area (TPSA) is 17.0 Å². The van der Waals surface area contributed by atoms with Crippen LogP contribution in [0.25, 0.3) is 10.9 Å². The zero-order valence-corrected chi connectivity index (χ0v) is 13.2. The Morgan fingerprint density at radius 3 is 2.70 bits per heavy atom. The summed E-state index contributed by atoms with van der Waals surface area (Å²) in [6, 6.07) is 9.46. The average Bonchev–Trinajstić information content (AvgIpc) is 2.85. The van der Waals surface area contributed by atoms with E-state index in [-0.39, 0.29) is 0 Å². The van der Waals surface area contributed by atoms with Gasteiger partial charge >= 0.3 is 0 Å². The monoisotopic (exact) mass is 272 g/mol. The Kier molecular flexibility index (Phi) is 5.66. The van der Waals surface area contributed by atoms with Gasteiger partial charge in [-0.05, 0) is 24.1 Å². The number of unbranched alkanes of at least 4 members (excludes halogenated alkanes) is 3. The second-order valence-corrected chi connectivity index (χ2v) is 5.96. The number of aryl methyl sites for hydroxylation is 1. The molecule has 110 valence electrons. The van der Waals surface area contributed by atoms with Gasteiger partial charge in [0.2, 0.25) is 0 Å². The molecule has 0 saturated carbocycles. The molecule has 0 atom stereocenters. The third-order valence-electron chi connectivity index (χ3n) is 3.86. The molecule has 1 aromatic heterocycles. The summed E-state index contributed by atoms with van der Waals surface area (Å²) >= 11 is 0. The zero-order chi connectivity index (χ0) is 14.4. The molecular weight excluding hydrogens is 244 g/mol. The van der Waals surface area contributed by atoms with Crippen LogP contribution in [-0.4, -0.2) is 10.6 Å². The maximum absolute atomic E-state index is 3.51. The van der Waals surface area contributed by atoms with Crippen molar-refractivity contribution in [3.63, 3.8) is 0 Å². The highest BCUT2D eigenvalue weighted by molar-refractivity contribution is 5.83. The quantitative estimate of drug-likeness (QED) is 0.688. The highest BCUT2D eigenvalue weighted by Crippen LogP contribution is 2.21. The molecule has 0 aliphatic rings. The van der Waals surface area contributed by atoms with Crippen LogP contribution in [0.5, 0.6) is 0 Å². The van der Waals surface area contributed by atoms with Crippen LogP contribution in [-0.2, 0) is 13.1 Å². The predicted octanol–water partition coefficient (Wildman–Crippen LogP) is 4.72. The summed E-state index contributed by atoms with van der Waals surface area (Å²) in [5.74, 6) is 0. The fraction of sp³-hybridized carbons (Fsp3) is 0.556. The van der Waals surface area contributed by atoms with Crippen molar-refractivity contribution in [3.05, 3.63) is 36.0 Å². The molecule has 2 heteroatoms. The zero-order valence-electron chi connectivity index (χ0n) is 13.2. The van der Waals surface area contributed by atoms with Gasteiger partial charge in [-0.15, -0.1) is 0 Å². The number of aromatic nitrogens is 1. The number of rotatable bonds is 8. The van der Waals surface area contributed by atoms with Gasteiger partial charge in [-0.3, -0.25) is 0 Å². The summed E-state index contributed by atoms with van der Waals surface area (Å²) in [6.45, 7) is 8.75. The van der Waals surface area contributed by atoms with E-state index in [9.17, 15) is 0 Å². The standard InChI is InChI=1S/C18H28N2/c1-4-5-6-7-12-20-13-11-17-16(14-19-15(2)3)9-8-10-18(17)20/h8-11,13,15,19H,4-7,12,14H2,1-3H3. The number of fused-ring (bicyclic) bond motifs is 1. The van der Waals surface area contributed by atoms with Crippen LogP contribution in [0, 0.1) is 0 Å². The van der Waals surface area contributed by atoms with E-state index >= 15 is 0 Å². The molecule has 2 rings (SSSR count). The minimum Gasteiger partial charge on any atom is -0.347 e. The Hall–Kier alpha value is -1.28. The molecule has 20 heavy (non-hydrogen) atoms. The van der Waals surface area contributed by atoms with E-state index in [4.69, 9.17) is 0 Å². The number of hydrogen-bond acceptors (Lipinski definition) is 1. The Balaban J connectivity index is 2.08. The fourth-order valence-corrected chi connectivity index (χ4v) is 2.66. The Morgan fingerprint density at radius 2 is 1.95 bits per heavy atom. The normalized spacial score (nSPS) is 11.6. The molecule has 0 bridgehead atoms. The van der Waals surface area contributed by atoms with E-state index in [1.54, 1.807) is 0 Å². The predicted molar refractivity (Wildman–Crippen MR) is 88.1 cm³/mol. The number of nitrogens with one attached hydrogen (secondary N) is 1. The van der Waals surface area contributed by atoms with Gasteiger partial charge in [0, 0.05) is 36.2 Å². The van der Waals surface area contributed by atoms with Gasteiger partial charge in [0.25, 0.3) is 0 Å². The lowest BCUT2D eigenvalue weighted by molar-refractivity contribution is 0.589. The molecule has 0 spiro atoms. The van der Waals surface area contributed by atoms with Crippen molar-refractivity contribution in [2.24, 2.45) is 0 Å². The van der Waals surface area contributed by atoms with Crippen molar-refractivity contribution >= 4 is 10.9 Å². The summed E-state index contributed by atoms with van der Waals surface area (Å²) < 4.78 is 2.41. The van der Waals surface area contributed by atoms with Gasteiger partial charge in [0.15, 0.2) is 0 Å². The van der Waals surface area contributed by atoms with Crippen molar-refractivity contribution in [3.8, 4) is 0 Å². The van der Waals surface area contributed by atoms with E-state index < -0.39 is 0 Å². The highest BCUT2D eigenvalue weighted by Gasteiger charge is 2.05. The first-order valence-electron chi connectivity index (χ1n) is 8.02. The fourth-order valence-electron chi connectivity index (χ4n) is 2.66. The summed E-state index contributed by atoms with van der Waals surface area (Å²) in [7, 11) is 0. The lowest BCUT2D eigenvalue weighted by Gasteiger charge is -2.10. The molecule has 0 fully saturated rings. The maximum atomic E-state index is 3.51. The summed E-state index contributed by atoms with van der Waals surface area (Å²) in [6.07, 6.45) is 7.52. The lowest BCUT2D eigenvalue weighted by Crippen LogP contribution is -2.21. The van der Waals surface area contributed by atoms with Gasteiger partial charge in [0.05, 0.1) is 0 Å². The lowest BCUT2D eigenvalue weighted by atomic mass is 10.1. The third-order valence-corrected chi connectivity index (χ3v) is 3.86. The van der Waals surface area contributed by atoms with E-state index in [1.807, 2.05) is 0 Å². The Morgan fingerprint density at radius 1 is 1.10 bits per heavy atom. The van der Waals surface area contributed by atoms with Crippen LogP contribution in [0.15, 0.2) is 30.5 Å². The number of nitrogens with zero attached hydrogens (tertiary/aromatic N) is 1. The van der Waals surface area contributed by atoms with Crippen LogP contribution >= 0.6 is 0 Å². The summed E-state index contributed by atoms with van der Waals surface area (Å²) in [4.78, 5) is 0. The van der Waals surface area contributed by atoms with E-state index in [2.05, 4.69) is 61.1 Å². The van der Waals surface area contributed by atoms with Crippen LogP contribution in [0.3, 0.4) is 0 Å². The molecule has 0 saturated heterocycles. The highest BCUT2D eigenvalue weighted by atomic mass is 15.0. The van der Waals surface area contributed by atoms with Gasteiger partial charge < -0.3 is 9.88 Å². The molecule has 0 amide bonds. The molecule has 1 aromatic carbocycles. The van der Waals surface area contributed by atoms with E-state index in [0.717, 1.165) is 13.1 Å². The van der Waals surface area contributed by atoms with E-state index in [0.29, 0.717) is 6.04 Å². The largest absolute Gasteiger partial charge is 0.347 e. The van der Waals surface area contributed by atoms with Crippen LogP contribution in [0.4, 0.5) is 0 Å². The van der Waals surface area contributed by atoms with Crippen molar-refractivity contribution in [2.75, 3.05) is 0 Å². The number of hydrogen-bond donors (Lipinski definition) is 1. The van der Waals surface area contributed by atoms with Crippen LogP contribution in [0.2, 0.25) is 0 Å². The van der Waals surface area contributed by atoms with Gasteiger partial charge in [0.1, 0.15) is 0 Å². The van der Waals surface area contributed by atoms with Gasteiger partial charge in [-0.25, -0.2) is 0 Å². The molecule has 1 N–H and O–H groups in total. The SMILES string of the molecule is CCCCCCn1ccc2c(CNC(C)C)cccc21. The molecule has 1 heterocycles. The molecule has 2 nitrogen and oxygen atoms in total. The molecule has 0 radical (unpaired) electrons. The minimum absolute atomic E-state index is 0.529. The van der Waals surface area contributed by atoms with Gasteiger partial charge in [-0.2, -0.15) is 0 Å². The summed E-state index contributed by atoms with van der Waals surface area (Å²) in [5, 5.41) is 4.91. The first kappa shape index (κ1) is 15.1. The smallest absolute Gasteiger partial charge is 0.0483 e. The second kappa shape index (κ2) is 7.49. The molecule has 2 aromatic rings. The van der Waals surface area contributed by atoms with Crippen LogP contribution in [0.1, 0.15) is 52.0 Å².